The zero-order valence-corrected chi connectivity index (χ0v) is 13.3. The maximum Gasteiger partial charge on any atom is 0.259 e. The van der Waals surface area contributed by atoms with E-state index < -0.39 is 33.0 Å². The second-order valence-electron chi connectivity index (χ2n) is 4.28. The van der Waals surface area contributed by atoms with E-state index in [0.717, 1.165) is 22.3 Å². The lowest BCUT2D eigenvalue weighted by atomic mass is 9.94. The van der Waals surface area contributed by atoms with Crippen LogP contribution < -0.4 is 5.32 Å². The lowest BCUT2D eigenvalue weighted by Gasteiger charge is -2.16. The smallest absolute Gasteiger partial charge is 0.259 e. The Balaban J connectivity index is 3.56. The van der Waals surface area contributed by atoms with Crippen molar-refractivity contribution in [2.24, 2.45) is 0 Å². The average Bonchev–Trinajstić information content (AvgIpc) is 2.29. The molecule has 0 aliphatic carbocycles. The van der Waals surface area contributed by atoms with Crippen molar-refractivity contribution in [2.45, 2.75) is 34.6 Å². The van der Waals surface area contributed by atoms with E-state index >= 15 is 0 Å². The van der Waals surface area contributed by atoms with Crippen LogP contribution in [-0.4, -0.2) is 11.8 Å². The summed E-state index contributed by atoms with van der Waals surface area (Å²) >= 11 is -1.46. The van der Waals surface area contributed by atoms with Crippen LogP contribution >= 0.6 is 21.2 Å². The first-order valence-electron chi connectivity index (χ1n) is 5.50. The first-order chi connectivity index (χ1) is 8.31. The van der Waals surface area contributed by atoms with E-state index in [1.165, 1.54) is 6.92 Å². The first-order valence-corrected chi connectivity index (χ1v) is 7.46. The molecule has 1 aromatic rings. The van der Waals surface area contributed by atoms with Crippen LogP contribution in [0, 0.1) is 31.3 Å². The van der Waals surface area contributed by atoms with Crippen molar-refractivity contribution in [1.29, 1.82) is 0 Å². The number of hydrogen-bond donors (Lipinski definition) is 1. The summed E-state index contributed by atoms with van der Waals surface area (Å²) in [5.74, 6) is -0.873. The van der Waals surface area contributed by atoms with Crippen LogP contribution in [0.5, 0.6) is 0 Å². The van der Waals surface area contributed by atoms with Gasteiger partial charge in [-0.3, -0.25) is 18.0 Å². The number of carbonyl (C=O) groups is 2. The van der Waals surface area contributed by atoms with E-state index in [0.29, 0.717) is 9.13 Å². The van der Waals surface area contributed by atoms with Crippen molar-refractivity contribution in [2.75, 3.05) is 0 Å². The number of carbonyl (C=O) groups excluding carboxylic acids is 2. The predicted molar refractivity (Wildman–Crippen MR) is 76.9 cm³/mol. The van der Waals surface area contributed by atoms with Crippen LogP contribution in [-0.2, 0) is 7.86 Å². The molecule has 5 heteroatoms. The number of rotatable bonds is 2. The van der Waals surface area contributed by atoms with Crippen molar-refractivity contribution in [3.05, 3.63) is 31.4 Å². The normalized spacial score (nSPS) is 10.3. The second-order valence-corrected chi connectivity index (χ2v) is 5.80. The molecule has 0 saturated carbocycles. The van der Waals surface area contributed by atoms with Gasteiger partial charge in [-0.05, 0) is 49.9 Å². The van der Waals surface area contributed by atoms with E-state index in [-0.39, 0.29) is 0 Å². The molecule has 0 saturated heterocycles. The molecule has 0 aliphatic heterocycles. The zero-order valence-electron chi connectivity index (χ0n) is 11.1. The van der Waals surface area contributed by atoms with Gasteiger partial charge in [0.15, 0.2) is 21.2 Å². The molecule has 0 aliphatic rings. The summed E-state index contributed by atoms with van der Waals surface area (Å²) < 4.78 is 12.0. The van der Waals surface area contributed by atoms with Crippen LogP contribution in [0.1, 0.15) is 39.5 Å². The van der Waals surface area contributed by atoms with Crippen LogP contribution in [0.3, 0.4) is 0 Å². The summed E-state index contributed by atoms with van der Waals surface area (Å²) in [5, 5.41) is 2.25. The number of benzene rings is 1. The van der Waals surface area contributed by atoms with Crippen molar-refractivity contribution in [3.8, 4) is 0 Å². The number of imide groups is 1. The third kappa shape index (κ3) is 2.66. The minimum Gasteiger partial charge on any atom is -0.293 e. The Morgan fingerprint density at radius 2 is 1.44 bits per heavy atom. The fourth-order valence-corrected chi connectivity index (χ4v) is 3.46. The Hall–Kier alpha value is -1.11. The molecule has 0 heterocycles. The molecule has 2 amide bonds. The highest BCUT2D eigenvalue weighted by molar-refractivity contribution is 14.1. The minimum absolute atomic E-state index is 0.397. The Morgan fingerprint density at radius 1 is 0.944 bits per heavy atom. The Kier molecular flexibility index (Phi) is 4.72. The van der Waals surface area contributed by atoms with Gasteiger partial charge in [0.25, 0.3) is 5.91 Å². The van der Waals surface area contributed by atoms with Gasteiger partial charge in [0, 0.05) is 6.92 Å². The second kappa shape index (κ2) is 5.69. The number of nitrogens with one attached hydrogen (secondary N) is 1. The van der Waals surface area contributed by atoms with Gasteiger partial charge < -0.3 is 0 Å². The highest BCUT2D eigenvalue weighted by atomic mass is 127. The molecule has 1 N–H and O–H groups in total. The fourth-order valence-electron chi connectivity index (χ4n) is 1.86. The van der Waals surface area contributed by atoms with Crippen LogP contribution in [0.15, 0.2) is 0 Å². The lowest BCUT2D eigenvalue weighted by molar-refractivity contribution is -0.118. The average molecular weight is 361 g/mol. The summed E-state index contributed by atoms with van der Waals surface area (Å²) in [6.45, 7) is 8.84. The predicted octanol–water partition coefficient (Wildman–Crippen LogP) is 2.68. The standard InChI is InChI=1S/C13H16INO3/c1-6-7(2)9(4)12(14-18)11(8(6)3)13(17)15-10(5)16/h1-5H3,(H,15,16,17). The highest BCUT2D eigenvalue weighted by Crippen LogP contribution is 2.29. The molecule has 1 aromatic carbocycles. The zero-order chi connectivity index (χ0) is 14.0. The largest absolute Gasteiger partial charge is 0.293 e. The van der Waals surface area contributed by atoms with Gasteiger partial charge in [-0.25, -0.2) is 0 Å². The molecule has 0 atom stereocenters. The van der Waals surface area contributed by atoms with Gasteiger partial charge in [-0.15, -0.1) is 0 Å². The maximum atomic E-state index is 12.0. The van der Waals surface area contributed by atoms with Crippen molar-refractivity contribution >= 4 is 33.0 Å². The quantitative estimate of drug-likeness (QED) is 0.824. The van der Waals surface area contributed by atoms with Gasteiger partial charge in [-0.1, -0.05) is 0 Å². The van der Waals surface area contributed by atoms with Crippen LogP contribution in [0.2, 0.25) is 0 Å². The molecule has 0 fully saturated rings. The van der Waals surface area contributed by atoms with Gasteiger partial charge in [0.1, 0.15) is 0 Å². The summed E-state index contributed by atoms with van der Waals surface area (Å²) in [5.41, 5.74) is 4.13. The summed E-state index contributed by atoms with van der Waals surface area (Å²) in [6.07, 6.45) is 0. The van der Waals surface area contributed by atoms with Gasteiger partial charge in [0.05, 0.1) is 9.13 Å². The highest BCUT2D eigenvalue weighted by Gasteiger charge is 2.21. The maximum absolute atomic E-state index is 12.0. The van der Waals surface area contributed by atoms with Crippen molar-refractivity contribution in [3.63, 3.8) is 0 Å². The van der Waals surface area contributed by atoms with Crippen LogP contribution in [0.25, 0.3) is 0 Å². The number of amides is 2. The first kappa shape index (κ1) is 14.9. The molecule has 4 nitrogen and oxygen atoms in total. The molecular weight excluding hydrogens is 345 g/mol. The number of hydrogen-bond acceptors (Lipinski definition) is 3. The van der Waals surface area contributed by atoms with E-state index in [1.807, 2.05) is 27.7 Å². The van der Waals surface area contributed by atoms with Gasteiger partial charge in [0.2, 0.25) is 5.91 Å². The number of halogens is 1. The summed E-state index contributed by atoms with van der Waals surface area (Å²) in [6, 6.07) is 0. The van der Waals surface area contributed by atoms with Crippen LogP contribution in [0.4, 0.5) is 0 Å². The fraction of sp³-hybridized carbons (Fsp3) is 0.385. The Bertz CT molecular complexity index is 550. The molecule has 0 radical (unpaired) electrons. The molecule has 0 spiro atoms. The molecular formula is C13H16INO3. The third-order valence-corrected chi connectivity index (χ3v) is 4.99. The van der Waals surface area contributed by atoms with E-state index in [9.17, 15) is 12.7 Å². The Labute approximate surface area is 117 Å². The van der Waals surface area contributed by atoms with E-state index in [2.05, 4.69) is 5.32 Å². The van der Waals surface area contributed by atoms with Gasteiger partial charge in [-0.2, -0.15) is 0 Å². The summed E-state index contributed by atoms with van der Waals surface area (Å²) in [7, 11) is 0. The molecule has 0 unspecified atom stereocenters. The lowest BCUT2D eigenvalue weighted by Crippen LogP contribution is -2.30. The molecule has 1 rings (SSSR count). The molecule has 18 heavy (non-hydrogen) atoms. The van der Waals surface area contributed by atoms with E-state index in [4.69, 9.17) is 0 Å². The molecule has 98 valence electrons. The van der Waals surface area contributed by atoms with Crippen molar-refractivity contribution < 1.29 is 12.7 Å². The topological polar surface area (TPSA) is 63.2 Å². The SMILES string of the molecule is CC(=O)NC(=O)c1c(C)c(C)c(C)c(C)c1I=O. The van der Waals surface area contributed by atoms with Gasteiger partial charge >= 0.3 is 0 Å². The van der Waals surface area contributed by atoms with E-state index in [1.54, 1.807) is 0 Å². The molecule has 0 aromatic heterocycles. The minimum atomic E-state index is -1.46. The monoisotopic (exact) mass is 361 g/mol. The van der Waals surface area contributed by atoms with Crippen molar-refractivity contribution in [1.82, 2.24) is 5.32 Å². The molecule has 0 bridgehead atoms. The third-order valence-electron chi connectivity index (χ3n) is 3.21. The Morgan fingerprint density at radius 3 is 1.89 bits per heavy atom. The summed E-state index contributed by atoms with van der Waals surface area (Å²) in [4.78, 5) is 23.0.